The Kier molecular flexibility index (Phi) is 4.06. The molecule has 5 nitrogen and oxygen atoms in total. The Hall–Kier alpha value is -2.40. The summed E-state index contributed by atoms with van der Waals surface area (Å²) in [6.45, 7) is 2.55. The lowest BCUT2D eigenvalue weighted by Gasteiger charge is -2.09. The van der Waals surface area contributed by atoms with E-state index in [0.717, 1.165) is 17.0 Å². The Bertz CT molecular complexity index is 800. The fourth-order valence-corrected chi connectivity index (χ4v) is 2.40. The number of benzene rings is 1. The van der Waals surface area contributed by atoms with Crippen molar-refractivity contribution in [2.75, 3.05) is 7.11 Å². The van der Waals surface area contributed by atoms with E-state index in [0.29, 0.717) is 23.1 Å². The number of imidazole rings is 1. The highest BCUT2D eigenvalue weighted by Gasteiger charge is 2.11. The molecule has 112 valence electrons. The lowest BCUT2D eigenvalue weighted by Crippen LogP contribution is -2.03. The molecular weight excluding hydrogens is 300 g/mol. The summed E-state index contributed by atoms with van der Waals surface area (Å²) in [6.07, 6.45) is 5.45. The van der Waals surface area contributed by atoms with Gasteiger partial charge in [0.2, 0.25) is 5.88 Å². The Morgan fingerprint density at radius 3 is 2.82 bits per heavy atom. The summed E-state index contributed by atoms with van der Waals surface area (Å²) >= 11 is 6.06. The Labute approximate surface area is 133 Å². The van der Waals surface area contributed by atoms with Crippen molar-refractivity contribution in [3.8, 4) is 17.1 Å². The van der Waals surface area contributed by atoms with Gasteiger partial charge in [0.15, 0.2) is 0 Å². The van der Waals surface area contributed by atoms with Crippen LogP contribution in [0, 0.1) is 6.92 Å². The van der Waals surface area contributed by atoms with Gasteiger partial charge in [0.1, 0.15) is 5.69 Å². The number of aromatic nitrogens is 4. The Balaban J connectivity index is 1.99. The molecular formula is C16H15ClN4O. The van der Waals surface area contributed by atoms with Crippen LogP contribution in [0.1, 0.15) is 11.4 Å². The third-order valence-electron chi connectivity index (χ3n) is 3.19. The summed E-state index contributed by atoms with van der Waals surface area (Å²) in [5, 5.41) is 0.650. The van der Waals surface area contributed by atoms with E-state index in [9.17, 15) is 0 Å². The molecule has 3 aromatic rings. The number of halogens is 1. The van der Waals surface area contributed by atoms with Gasteiger partial charge in [-0.3, -0.25) is 0 Å². The van der Waals surface area contributed by atoms with E-state index in [1.165, 1.54) is 0 Å². The Morgan fingerprint density at radius 1 is 1.27 bits per heavy atom. The van der Waals surface area contributed by atoms with E-state index in [1.807, 2.05) is 42.0 Å². The molecule has 0 saturated heterocycles. The van der Waals surface area contributed by atoms with E-state index in [-0.39, 0.29) is 0 Å². The van der Waals surface area contributed by atoms with Crippen LogP contribution >= 0.6 is 11.6 Å². The minimum atomic E-state index is 0.479. The third-order valence-corrected chi connectivity index (χ3v) is 3.42. The van der Waals surface area contributed by atoms with E-state index in [4.69, 9.17) is 16.3 Å². The first-order valence-electron chi connectivity index (χ1n) is 6.80. The second-order valence-corrected chi connectivity index (χ2v) is 5.35. The maximum absolute atomic E-state index is 6.06. The summed E-state index contributed by atoms with van der Waals surface area (Å²) in [5.41, 5.74) is 3.35. The summed E-state index contributed by atoms with van der Waals surface area (Å²) in [4.78, 5) is 13.2. The summed E-state index contributed by atoms with van der Waals surface area (Å²) in [7, 11) is 1.58. The van der Waals surface area contributed by atoms with E-state index >= 15 is 0 Å². The molecule has 0 amide bonds. The largest absolute Gasteiger partial charge is 0.479 e. The SMILES string of the molecule is COc1ncc(Cn2cnc(C)c2)nc1-c1cccc(Cl)c1. The molecule has 22 heavy (non-hydrogen) atoms. The standard InChI is InChI=1S/C16H15ClN4O/c1-11-8-21(10-19-11)9-14-7-18-16(22-2)15(20-14)12-4-3-5-13(17)6-12/h3-8,10H,9H2,1-2H3. The highest BCUT2D eigenvalue weighted by molar-refractivity contribution is 6.30. The average Bonchev–Trinajstić information content (AvgIpc) is 2.92. The molecule has 3 rings (SSSR count). The molecule has 0 unspecified atom stereocenters. The molecule has 6 heteroatoms. The van der Waals surface area contributed by atoms with Gasteiger partial charge in [-0.2, -0.15) is 0 Å². The number of rotatable bonds is 4. The molecule has 2 heterocycles. The van der Waals surface area contributed by atoms with Gasteiger partial charge in [-0.25, -0.2) is 15.0 Å². The van der Waals surface area contributed by atoms with Crippen LogP contribution < -0.4 is 4.74 Å². The molecule has 0 spiro atoms. The second kappa shape index (κ2) is 6.15. The van der Waals surface area contributed by atoms with Crippen molar-refractivity contribution in [2.24, 2.45) is 0 Å². The van der Waals surface area contributed by atoms with Crippen molar-refractivity contribution >= 4 is 11.6 Å². The zero-order valence-electron chi connectivity index (χ0n) is 12.3. The van der Waals surface area contributed by atoms with Crippen LogP contribution in [-0.2, 0) is 6.54 Å². The molecule has 0 radical (unpaired) electrons. The highest BCUT2D eigenvalue weighted by Crippen LogP contribution is 2.28. The summed E-state index contributed by atoms with van der Waals surface area (Å²) in [6, 6.07) is 7.48. The number of hydrogen-bond donors (Lipinski definition) is 0. The van der Waals surface area contributed by atoms with Gasteiger partial charge in [0, 0.05) is 16.8 Å². The van der Waals surface area contributed by atoms with Gasteiger partial charge >= 0.3 is 0 Å². The fourth-order valence-electron chi connectivity index (χ4n) is 2.21. The predicted molar refractivity (Wildman–Crippen MR) is 85.1 cm³/mol. The molecule has 0 N–H and O–H groups in total. The van der Waals surface area contributed by atoms with Crippen molar-refractivity contribution in [3.63, 3.8) is 0 Å². The molecule has 0 atom stereocenters. The molecule has 1 aromatic carbocycles. The fraction of sp³-hybridized carbons (Fsp3) is 0.188. The third kappa shape index (κ3) is 3.09. The van der Waals surface area contributed by atoms with Gasteiger partial charge in [0.25, 0.3) is 0 Å². The van der Waals surface area contributed by atoms with E-state index in [1.54, 1.807) is 19.6 Å². The van der Waals surface area contributed by atoms with Gasteiger partial charge in [0.05, 0.1) is 37.6 Å². The van der Waals surface area contributed by atoms with Crippen molar-refractivity contribution < 1.29 is 4.74 Å². The van der Waals surface area contributed by atoms with Crippen LogP contribution in [0.5, 0.6) is 5.88 Å². The lowest BCUT2D eigenvalue weighted by atomic mass is 10.1. The molecule has 0 fully saturated rings. The van der Waals surface area contributed by atoms with Crippen LogP contribution in [0.2, 0.25) is 5.02 Å². The van der Waals surface area contributed by atoms with Crippen LogP contribution in [0.3, 0.4) is 0 Å². The van der Waals surface area contributed by atoms with Crippen LogP contribution in [-0.4, -0.2) is 26.6 Å². The van der Waals surface area contributed by atoms with Crippen molar-refractivity contribution in [3.05, 3.63) is 59.4 Å². The van der Waals surface area contributed by atoms with Crippen molar-refractivity contribution in [2.45, 2.75) is 13.5 Å². The highest BCUT2D eigenvalue weighted by atomic mass is 35.5. The smallest absolute Gasteiger partial charge is 0.240 e. The first kappa shape index (κ1) is 14.5. The van der Waals surface area contributed by atoms with Gasteiger partial charge in [-0.05, 0) is 19.1 Å². The molecule has 0 saturated carbocycles. The number of aryl methyl sites for hydroxylation is 1. The molecule has 0 aliphatic heterocycles. The van der Waals surface area contributed by atoms with Crippen LogP contribution in [0.15, 0.2) is 43.0 Å². The molecule has 0 bridgehead atoms. The van der Waals surface area contributed by atoms with Crippen molar-refractivity contribution in [1.82, 2.24) is 19.5 Å². The second-order valence-electron chi connectivity index (χ2n) is 4.92. The number of methoxy groups -OCH3 is 1. The summed E-state index contributed by atoms with van der Waals surface area (Å²) < 4.78 is 7.28. The van der Waals surface area contributed by atoms with Crippen LogP contribution in [0.25, 0.3) is 11.3 Å². The van der Waals surface area contributed by atoms with Crippen LogP contribution in [0.4, 0.5) is 0 Å². The molecule has 2 aromatic heterocycles. The monoisotopic (exact) mass is 314 g/mol. The quantitative estimate of drug-likeness (QED) is 0.741. The lowest BCUT2D eigenvalue weighted by molar-refractivity contribution is 0.397. The van der Waals surface area contributed by atoms with Crippen molar-refractivity contribution in [1.29, 1.82) is 0 Å². The van der Waals surface area contributed by atoms with E-state index in [2.05, 4.69) is 15.0 Å². The first-order valence-corrected chi connectivity index (χ1v) is 7.18. The predicted octanol–water partition coefficient (Wildman–Crippen LogP) is 3.36. The average molecular weight is 315 g/mol. The topological polar surface area (TPSA) is 52.8 Å². The zero-order chi connectivity index (χ0) is 15.5. The number of nitrogens with zero attached hydrogens (tertiary/aromatic N) is 4. The zero-order valence-corrected chi connectivity index (χ0v) is 13.1. The molecule has 0 aliphatic rings. The van der Waals surface area contributed by atoms with Gasteiger partial charge in [-0.1, -0.05) is 23.7 Å². The minimum Gasteiger partial charge on any atom is -0.479 e. The van der Waals surface area contributed by atoms with Gasteiger partial charge < -0.3 is 9.30 Å². The first-order chi connectivity index (χ1) is 10.7. The van der Waals surface area contributed by atoms with Gasteiger partial charge in [-0.15, -0.1) is 0 Å². The maximum Gasteiger partial charge on any atom is 0.240 e. The van der Waals surface area contributed by atoms with E-state index < -0.39 is 0 Å². The maximum atomic E-state index is 6.06. The minimum absolute atomic E-state index is 0.479. The number of ether oxygens (including phenoxy) is 1. The Morgan fingerprint density at radius 2 is 2.14 bits per heavy atom. The number of hydrogen-bond acceptors (Lipinski definition) is 4. The summed E-state index contributed by atoms with van der Waals surface area (Å²) in [5.74, 6) is 0.479. The normalized spacial score (nSPS) is 10.7. The molecule has 0 aliphatic carbocycles.